The molecule has 2 aromatic carbocycles. The molecule has 1 saturated heterocycles. The van der Waals surface area contributed by atoms with Gasteiger partial charge in [-0.05, 0) is 42.8 Å². The summed E-state index contributed by atoms with van der Waals surface area (Å²) >= 11 is 13.4. The van der Waals surface area contributed by atoms with Gasteiger partial charge >= 0.3 is 0 Å². The van der Waals surface area contributed by atoms with E-state index in [1.165, 1.54) is 40.9 Å². The van der Waals surface area contributed by atoms with Gasteiger partial charge in [-0.3, -0.25) is 9.69 Å². The highest BCUT2D eigenvalue weighted by Gasteiger charge is 2.47. The van der Waals surface area contributed by atoms with Crippen molar-refractivity contribution in [2.75, 3.05) is 10.7 Å². The van der Waals surface area contributed by atoms with Crippen LogP contribution in [-0.2, 0) is 16.3 Å². The summed E-state index contributed by atoms with van der Waals surface area (Å²) in [5.74, 6) is -0.358. The van der Waals surface area contributed by atoms with E-state index in [0.29, 0.717) is 16.1 Å². The molecule has 1 fully saturated rings. The molecular weight excluding hydrogens is 385 g/mol. The Hall–Kier alpha value is -1.60. The van der Waals surface area contributed by atoms with E-state index in [2.05, 4.69) is 0 Å². The standard InChI is InChI=1S/C17H15Cl2NO4S/c1-17(11-4-9(7-21)5-12(19)16(11)24)20(15(23)8-25-17)13-6-10(18)2-3-14(13)22/h2-6,21-22,24H,7-8H2,1H3. The third-order valence-corrected chi connectivity index (χ3v) is 6.02. The number of carbonyl (C=O) groups excluding carboxylic acids is 1. The molecule has 3 N–H and O–H groups in total. The summed E-state index contributed by atoms with van der Waals surface area (Å²) in [6.07, 6.45) is 0. The minimum atomic E-state index is -1.03. The molecule has 0 saturated carbocycles. The first-order chi connectivity index (χ1) is 11.8. The van der Waals surface area contributed by atoms with Crippen LogP contribution in [-0.4, -0.2) is 27.0 Å². The largest absolute Gasteiger partial charge is 0.506 e. The van der Waals surface area contributed by atoms with E-state index in [1.54, 1.807) is 13.0 Å². The molecule has 1 aliphatic rings. The van der Waals surface area contributed by atoms with Gasteiger partial charge in [0.1, 0.15) is 16.4 Å². The molecule has 0 aromatic heterocycles. The van der Waals surface area contributed by atoms with E-state index in [4.69, 9.17) is 23.2 Å². The number of thioether (sulfide) groups is 1. The zero-order valence-corrected chi connectivity index (χ0v) is 15.5. The number of aliphatic hydroxyl groups excluding tert-OH is 1. The monoisotopic (exact) mass is 399 g/mol. The molecule has 0 radical (unpaired) electrons. The van der Waals surface area contributed by atoms with E-state index in [-0.39, 0.29) is 40.5 Å². The van der Waals surface area contributed by atoms with Gasteiger partial charge in [-0.2, -0.15) is 0 Å². The number of hydrogen-bond donors (Lipinski definition) is 3. The first-order valence-electron chi connectivity index (χ1n) is 7.36. The summed E-state index contributed by atoms with van der Waals surface area (Å²) < 4.78 is 0. The van der Waals surface area contributed by atoms with Crippen LogP contribution < -0.4 is 4.90 Å². The van der Waals surface area contributed by atoms with Crippen LogP contribution in [0.3, 0.4) is 0 Å². The lowest BCUT2D eigenvalue weighted by Gasteiger charge is -2.35. The van der Waals surface area contributed by atoms with Crippen LogP contribution in [0.2, 0.25) is 10.0 Å². The number of rotatable bonds is 3. The molecule has 2 aromatic rings. The van der Waals surface area contributed by atoms with Crippen LogP contribution in [0.25, 0.3) is 0 Å². The predicted octanol–water partition coefficient (Wildman–Crippen LogP) is 3.85. The highest BCUT2D eigenvalue weighted by molar-refractivity contribution is 8.01. The molecule has 8 heteroatoms. The first-order valence-corrected chi connectivity index (χ1v) is 9.10. The van der Waals surface area contributed by atoms with E-state index in [1.807, 2.05) is 0 Å². The van der Waals surface area contributed by atoms with Crippen molar-refractivity contribution in [2.24, 2.45) is 0 Å². The van der Waals surface area contributed by atoms with Crippen molar-refractivity contribution in [1.82, 2.24) is 0 Å². The summed E-state index contributed by atoms with van der Waals surface area (Å²) in [5.41, 5.74) is 1.13. The van der Waals surface area contributed by atoms with Gasteiger partial charge in [-0.1, -0.05) is 23.2 Å². The fourth-order valence-corrected chi connectivity index (χ4v) is 4.49. The smallest absolute Gasteiger partial charge is 0.238 e. The van der Waals surface area contributed by atoms with Crippen LogP contribution >= 0.6 is 35.0 Å². The summed E-state index contributed by atoms with van der Waals surface area (Å²) in [6, 6.07) is 7.48. The fourth-order valence-electron chi connectivity index (χ4n) is 2.91. The van der Waals surface area contributed by atoms with Crippen molar-refractivity contribution in [1.29, 1.82) is 0 Å². The van der Waals surface area contributed by atoms with Crippen molar-refractivity contribution >= 4 is 46.6 Å². The molecule has 25 heavy (non-hydrogen) atoms. The Kier molecular flexibility index (Phi) is 4.81. The number of aromatic hydroxyl groups is 2. The Morgan fingerprint density at radius 3 is 2.64 bits per heavy atom. The minimum Gasteiger partial charge on any atom is -0.506 e. The van der Waals surface area contributed by atoms with Crippen molar-refractivity contribution in [2.45, 2.75) is 18.4 Å². The van der Waals surface area contributed by atoms with Crippen LogP contribution in [0.4, 0.5) is 5.69 Å². The number of carbonyl (C=O) groups is 1. The van der Waals surface area contributed by atoms with Crippen LogP contribution in [0.1, 0.15) is 18.1 Å². The number of hydrogen-bond acceptors (Lipinski definition) is 5. The Bertz CT molecular complexity index is 861. The number of phenolic OH excluding ortho intramolecular Hbond substituents is 2. The molecule has 1 amide bonds. The lowest BCUT2D eigenvalue weighted by atomic mass is 10.0. The van der Waals surface area contributed by atoms with Gasteiger partial charge < -0.3 is 15.3 Å². The van der Waals surface area contributed by atoms with Gasteiger partial charge in [0.25, 0.3) is 0 Å². The highest BCUT2D eigenvalue weighted by atomic mass is 35.5. The Morgan fingerprint density at radius 1 is 1.24 bits per heavy atom. The number of halogens is 2. The van der Waals surface area contributed by atoms with Gasteiger partial charge in [0, 0.05) is 10.6 Å². The number of phenols is 2. The Labute approximate surface area is 158 Å². The molecule has 0 spiro atoms. The second-order valence-electron chi connectivity index (χ2n) is 5.77. The zero-order chi connectivity index (χ0) is 18.4. The average Bonchev–Trinajstić information content (AvgIpc) is 2.88. The van der Waals surface area contributed by atoms with E-state index < -0.39 is 4.87 Å². The zero-order valence-electron chi connectivity index (χ0n) is 13.2. The maximum absolute atomic E-state index is 12.6. The molecule has 0 bridgehead atoms. The fraction of sp³-hybridized carbons (Fsp3) is 0.235. The molecule has 1 atom stereocenters. The molecular formula is C17H15Cl2NO4S. The molecule has 3 rings (SSSR count). The first kappa shape index (κ1) is 18.2. The average molecular weight is 400 g/mol. The second kappa shape index (κ2) is 6.61. The predicted molar refractivity (Wildman–Crippen MR) is 99.5 cm³/mol. The second-order valence-corrected chi connectivity index (χ2v) is 7.98. The lowest BCUT2D eigenvalue weighted by Crippen LogP contribution is -2.40. The summed E-state index contributed by atoms with van der Waals surface area (Å²) in [6.45, 7) is 1.49. The van der Waals surface area contributed by atoms with Crippen molar-refractivity contribution < 1.29 is 20.1 Å². The highest BCUT2D eigenvalue weighted by Crippen LogP contribution is 2.53. The normalized spacial score (nSPS) is 20.3. The number of aliphatic hydroxyl groups is 1. The molecule has 1 heterocycles. The van der Waals surface area contributed by atoms with Gasteiger partial charge in [-0.25, -0.2) is 0 Å². The van der Waals surface area contributed by atoms with Crippen LogP contribution in [0.15, 0.2) is 30.3 Å². The summed E-state index contributed by atoms with van der Waals surface area (Å²) in [5, 5.41) is 30.6. The van der Waals surface area contributed by atoms with E-state index >= 15 is 0 Å². The number of anilines is 1. The molecule has 0 aliphatic carbocycles. The van der Waals surface area contributed by atoms with E-state index in [9.17, 15) is 20.1 Å². The van der Waals surface area contributed by atoms with Crippen molar-refractivity contribution in [3.63, 3.8) is 0 Å². The van der Waals surface area contributed by atoms with Gasteiger partial charge in [0.2, 0.25) is 5.91 Å². The van der Waals surface area contributed by atoms with E-state index in [0.717, 1.165) is 0 Å². The Balaban J connectivity index is 2.22. The summed E-state index contributed by atoms with van der Waals surface area (Å²) in [7, 11) is 0. The lowest BCUT2D eigenvalue weighted by molar-refractivity contribution is -0.116. The molecule has 1 aliphatic heterocycles. The SMILES string of the molecule is CC1(c2cc(CO)cc(Cl)c2O)SCC(=O)N1c1cc(Cl)ccc1O. The number of nitrogens with zero attached hydrogens (tertiary/aromatic N) is 1. The minimum absolute atomic E-state index is 0.0815. The topological polar surface area (TPSA) is 81.0 Å². The number of amides is 1. The van der Waals surface area contributed by atoms with Gasteiger partial charge in [0.15, 0.2) is 0 Å². The molecule has 132 valence electrons. The maximum atomic E-state index is 12.6. The van der Waals surface area contributed by atoms with Crippen LogP contribution in [0, 0.1) is 0 Å². The molecule has 1 unspecified atom stereocenters. The third-order valence-electron chi connectivity index (χ3n) is 4.14. The third kappa shape index (κ3) is 3.04. The number of benzene rings is 2. The molecule has 5 nitrogen and oxygen atoms in total. The van der Waals surface area contributed by atoms with Crippen molar-refractivity contribution in [3.05, 3.63) is 51.5 Å². The Morgan fingerprint density at radius 2 is 1.96 bits per heavy atom. The summed E-state index contributed by atoms with van der Waals surface area (Å²) in [4.78, 5) is 12.9. The van der Waals surface area contributed by atoms with Crippen molar-refractivity contribution in [3.8, 4) is 11.5 Å². The quantitative estimate of drug-likeness (QED) is 0.729. The van der Waals surface area contributed by atoms with Gasteiger partial charge in [0.05, 0.1) is 23.1 Å². The maximum Gasteiger partial charge on any atom is 0.238 e. The van der Waals surface area contributed by atoms with Gasteiger partial charge in [-0.15, -0.1) is 11.8 Å². The van der Waals surface area contributed by atoms with Crippen LogP contribution in [0.5, 0.6) is 11.5 Å².